The number of aromatic amines is 1. The fourth-order valence-electron chi connectivity index (χ4n) is 7.06. The van der Waals surface area contributed by atoms with E-state index in [1.54, 1.807) is 12.1 Å². The van der Waals surface area contributed by atoms with Crippen molar-refractivity contribution < 1.29 is 23.9 Å². The molecule has 1 aliphatic rings. The van der Waals surface area contributed by atoms with E-state index in [1.807, 2.05) is 78.9 Å². The molecule has 0 radical (unpaired) electrons. The number of nitrogens with zero attached hydrogens (tertiary/aromatic N) is 1. The number of carbonyl (C=O) groups is 2. The van der Waals surface area contributed by atoms with E-state index in [2.05, 4.69) is 71.1 Å². The van der Waals surface area contributed by atoms with Gasteiger partial charge in [0.2, 0.25) is 5.56 Å². The van der Waals surface area contributed by atoms with Crippen LogP contribution in [0, 0.1) is 0 Å². The van der Waals surface area contributed by atoms with Gasteiger partial charge in [-0.25, -0.2) is 9.59 Å². The molecule has 312 valence electrons. The minimum atomic E-state index is -2.21. The molecule has 0 unspecified atom stereocenters. The maximum atomic E-state index is 12.8. The number of rotatable bonds is 15. The van der Waals surface area contributed by atoms with E-state index in [0.29, 0.717) is 43.9 Å². The Bertz CT molecular complexity index is 2250. The smallest absolute Gasteiger partial charge is 0.411 e. The first-order valence-electron chi connectivity index (χ1n) is 20.4. The van der Waals surface area contributed by atoms with E-state index in [-0.39, 0.29) is 34.6 Å². The summed E-state index contributed by atoms with van der Waals surface area (Å²) in [6, 6.07) is 32.2. The van der Waals surface area contributed by atoms with Crippen molar-refractivity contribution in [3.05, 3.63) is 130 Å². The minimum Gasteiger partial charge on any atom is -0.506 e. The lowest BCUT2D eigenvalue weighted by molar-refractivity contribution is 0.0594. The SMILES string of the molecule is CC(C)(C)[Si](C)(C)O[C@@H](CNCc1cccc(CNC(=O)NCCN2CCC(OC(=O)Nc3ccccc3-c3ccccc3)CC2)c1)c1ccc(O)c2[nH]c(=O)ccc12. The molecule has 1 fully saturated rings. The zero-order chi connectivity index (χ0) is 42.0. The van der Waals surface area contributed by atoms with Gasteiger partial charge >= 0.3 is 12.1 Å². The van der Waals surface area contributed by atoms with Crippen LogP contribution in [0.25, 0.3) is 22.0 Å². The molecule has 12 nitrogen and oxygen atoms in total. The molecular formula is C46H58N6O6Si. The summed E-state index contributed by atoms with van der Waals surface area (Å²) in [5.74, 6) is 0.0205. The molecule has 3 amide bonds. The van der Waals surface area contributed by atoms with Crippen LogP contribution in [0.4, 0.5) is 15.3 Å². The third-order valence-corrected chi connectivity index (χ3v) is 15.9. The molecule has 1 atom stereocenters. The number of pyridine rings is 1. The quantitative estimate of drug-likeness (QED) is 0.0577. The fourth-order valence-corrected chi connectivity index (χ4v) is 8.34. The summed E-state index contributed by atoms with van der Waals surface area (Å²) in [4.78, 5) is 42.6. The molecule has 13 heteroatoms. The van der Waals surface area contributed by atoms with E-state index < -0.39 is 14.4 Å². The lowest BCUT2D eigenvalue weighted by Gasteiger charge is -2.39. The van der Waals surface area contributed by atoms with Gasteiger partial charge in [-0.3, -0.25) is 10.1 Å². The van der Waals surface area contributed by atoms with E-state index in [4.69, 9.17) is 9.16 Å². The highest BCUT2D eigenvalue weighted by molar-refractivity contribution is 6.74. The zero-order valence-corrected chi connectivity index (χ0v) is 35.8. The molecular weight excluding hydrogens is 761 g/mol. The van der Waals surface area contributed by atoms with Gasteiger partial charge in [0.15, 0.2) is 8.32 Å². The van der Waals surface area contributed by atoms with Crippen LogP contribution in [0.15, 0.2) is 108 Å². The number of fused-ring (bicyclic) bond motifs is 1. The summed E-state index contributed by atoms with van der Waals surface area (Å²) in [6.07, 6.45) is 0.518. The Morgan fingerprint density at radius 1 is 0.881 bits per heavy atom. The van der Waals surface area contributed by atoms with Crippen LogP contribution in [-0.4, -0.2) is 74.3 Å². The predicted molar refractivity (Wildman–Crippen MR) is 237 cm³/mol. The number of phenolic OH excluding ortho intramolecular Hbond substituents is 1. The Hall–Kier alpha value is -5.47. The normalized spacial score (nSPS) is 14.5. The number of likely N-dealkylation sites (tertiary alicyclic amines) is 1. The number of para-hydroxylation sites is 1. The van der Waals surface area contributed by atoms with E-state index in [0.717, 1.165) is 59.1 Å². The summed E-state index contributed by atoms with van der Waals surface area (Å²) < 4.78 is 12.7. The molecule has 2 heterocycles. The fraction of sp³-hybridized carbons (Fsp3) is 0.370. The first-order valence-corrected chi connectivity index (χ1v) is 23.3. The molecule has 0 aliphatic carbocycles. The highest BCUT2D eigenvalue weighted by atomic mass is 28.4. The number of aromatic nitrogens is 1. The number of nitrogens with one attached hydrogen (secondary N) is 5. The summed E-state index contributed by atoms with van der Waals surface area (Å²) in [5.41, 5.74) is 5.75. The number of H-pyrrole nitrogens is 1. The first-order chi connectivity index (χ1) is 28.3. The van der Waals surface area contributed by atoms with Crippen molar-refractivity contribution in [2.45, 2.75) is 77.0 Å². The van der Waals surface area contributed by atoms with Gasteiger partial charge in [0, 0.05) is 62.8 Å². The van der Waals surface area contributed by atoms with Crippen LogP contribution >= 0.6 is 0 Å². The van der Waals surface area contributed by atoms with Crippen molar-refractivity contribution in [2.24, 2.45) is 0 Å². The monoisotopic (exact) mass is 818 g/mol. The average molecular weight is 819 g/mol. The average Bonchev–Trinajstić information content (AvgIpc) is 3.21. The number of phenols is 1. The molecule has 6 N–H and O–H groups in total. The van der Waals surface area contributed by atoms with Gasteiger partial charge in [0.05, 0.1) is 17.3 Å². The van der Waals surface area contributed by atoms with Gasteiger partial charge in [-0.1, -0.05) is 99.6 Å². The number of aromatic hydroxyl groups is 1. The molecule has 1 aromatic heterocycles. The summed E-state index contributed by atoms with van der Waals surface area (Å²) in [5, 5.41) is 23.7. The van der Waals surface area contributed by atoms with Crippen LogP contribution in [0.5, 0.6) is 5.75 Å². The number of hydrogen-bond donors (Lipinski definition) is 6. The lowest BCUT2D eigenvalue weighted by Crippen LogP contribution is -2.44. The van der Waals surface area contributed by atoms with E-state index in [9.17, 15) is 19.5 Å². The van der Waals surface area contributed by atoms with Gasteiger partial charge < -0.3 is 40.1 Å². The van der Waals surface area contributed by atoms with Crippen molar-refractivity contribution in [2.75, 3.05) is 38.0 Å². The summed E-state index contributed by atoms with van der Waals surface area (Å²) in [6.45, 7) is 15.3. The van der Waals surface area contributed by atoms with Gasteiger partial charge in [-0.05, 0) is 71.4 Å². The van der Waals surface area contributed by atoms with Crippen molar-refractivity contribution in [3.63, 3.8) is 0 Å². The Morgan fingerprint density at radius 2 is 1.59 bits per heavy atom. The molecule has 1 saturated heterocycles. The van der Waals surface area contributed by atoms with Crippen LogP contribution in [-0.2, 0) is 22.3 Å². The number of urea groups is 1. The second kappa shape index (κ2) is 19.5. The highest BCUT2D eigenvalue weighted by Crippen LogP contribution is 2.41. The standard InChI is InChI=1S/C46H58N6O6Si/c1-46(2,3)59(4,5)58-41(37-18-20-40(53)43-38(37)19-21-42(54)51-43)31-47-29-32-12-11-13-33(28-32)30-49-44(55)48-24-27-52-25-22-35(23-26-52)57-45(56)50-39-17-10-9-16-36(39)34-14-7-6-8-15-34/h6-21,28,35,41,47,53H,22-27,29-31H2,1-5H3,(H,50,56)(H,51,54)(H2,48,49,55)/t41-/m0/s1. The number of amides is 3. The lowest BCUT2D eigenvalue weighted by atomic mass is 10.0. The molecule has 0 spiro atoms. The summed E-state index contributed by atoms with van der Waals surface area (Å²) in [7, 11) is -2.21. The number of benzene rings is 4. The van der Waals surface area contributed by atoms with Crippen molar-refractivity contribution in [1.82, 2.24) is 25.8 Å². The zero-order valence-electron chi connectivity index (χ0n) is 34.8. The number of piperidine rings is 1. The van der Waals surface area contributed by atoms with E-state index in [1.165, 1.54) is 6.07 Å². The molecule has 59 heavy (non-hydrogen) atoms. The first kappa shape index (κ1) is 43.1. The largest absolute Gasteiger partial charge is 0.506 e. The maximum Gasteiger partial charge on any atom is 0.411 e. The summed E-state index contributed by atoms with van der Waals surface area (Å²) >= 11 is 0. The number of hydrogen-bond acceptors (Lipinski definition) is 8. The Balaban J connectivity index is 0.924. The highest BCUT2D eigenvalue weighted by Gasteiger charge is 2.39. The maximum absolute atomic E-state index is 12.8. The molecule has 0 bridgehead atoms. The number of ether oxygens (including phenoxy) is 1. The van der Waals surface area contributed by atoms with E-state index >= 15 is 0 Å². The molecule has 6 rings (SSSR count). The van der Waals surface area contributed by atoms with Crippen molar-refractivity contribution in [1.29, 1.82) is 0 Å². The third kappa shape index (κ3) is 11.8. The van der Waals surface area contributed by atoms with Crippen LogP contribution in [0.1, 0.15) is 56.4 Å². The van der Waals surface area contributed by atoms with Crippen LogP contribution in [0.3, 0.4) is 0 Å². The molecule has 0 saturated carbocycles. The molecule has 5 aromatic rings. The topological polar surface area (TPSA) is 157 Å². The van der Waals surface area contributed by atoms with Gasteiger partial charge in [-0.15, -0.1) is 0 Å². The minimum absolute atomic E-state index is 0.0205. The number of anilines is 1. The Labute approximate surface area is 347 Å². The molecule has 4 aromatic carbocycles. The Kier molecular flexibility index (Phi) is 14.3. The third-order valence-electron chi connectivity index (χ3n) is 11.4. The van der Waals surface area contributed by atoms with Gasteiger partial charge in [0.1, 0.15) is 11.9 Å². The Morgan fingerprint density at radius 3 is 2.34 bits per heavy atom. The predicted octanol–water partition coefficient (Wildman–Crippen LogP) is 8.27. The second-order valence-corrected chi connectivity index (χ2v) is 21.5. The number of carbonyl (C=O) groups excluding carboxylic acids is 2. The second-order valence-electron chi connectivity index (χ2n) is 16.7. The molecule has 1 aliphatic heterocycles. The van der Waals surface area contributed by atoms with Crippen LogP contribution < -0.4 is 26.8 Å². The van der Waals surface area contributed by atoms with Gasteiger partial charge in [0.25, 0.3) is 0 Å². The van der Waals surface area contributed by atoms with Crippen molar-refractivity contribution >= 4 is 37.0 Å². The van der Waals surface area contributed by atoms with Crippen LogP contribution in [0.2, 0.25) is 18.1 Å². The van der Waals surface area contributed by atoms with Gasteiger partial charge in [-0.2, -0.15) is 0 Å². The van der Waals surface area contributed by atoms with Crippen molar-refractivity contribution in [3.8, 4) is 16.9 Å².